The average molecular weight is 382 g/mol. The number of carbonyl (C=O) groups is 1. The second-order valence-corrected chi connectivity index (χ2v) is 8.08. The summed E-state index contributed by atoms with van der Waals surface area (Å²) in [7, 11) is -3.23. The summed E-state index contributed by atoms with van der Waals surface area (Å²) in [5.41, 5.74) is 0.519. The minimum absolute atomic E-state index is 0.00950. The zero-order valence-electron chi connectivity index (χ0n) is 13.8. The van der Waals surface area contributed by atoms with E-state index in [0.717, 1.165) is 0 Å². The highest BCUT2D eigenvalue weighted by atomic mass is 32.2. The Hall–Kier alpha value is -1.62. The number of aromatic nitrogens is 2. The summed E-state index contributed by atoms with van der Waals surface area (Å²) in [6.45, 7) is 1.14. The van der Waals surface area contributed by atoms with Crippen LogP contribution in [0.3, 0.4) is 0 Å². The van der Waals surface area contributed by atoms with Crippen LogP contribution < -0.4 is 5.32 Å². The van der Waals surface area contributed by atoms with Gasteiger partial charge >= 0.3 is 6.18 Å². The fourth-order valence-electron chi connectivity index (χ4n) is 2.77. The second-order valence-electron chi connectivity index (χ2n) is 6.00. The third-order valence-electron chi connectivity index (χ3n) is 4.03. The van der Waals surface area contributed by atoms with Crippen molar-refractivity contribution < 1.29 is 26.4 Å². The lowest BCUT2D eigenvalue weighted by Crippen LogP contribution is -2.39. The van der Waals surface area contributed by atoms with Crippen LogP contribution in [-0.2, 0) is 10.0 Å². The van der Waals surface area contributed by atoms with Crippen molar-refractivity contribution in [3.63, 3.8) is 0 Å². The van der Waals surface area contributed by atoms with Crippen LogP contribution in [0.4, 0.5) is 13.2 Å². The molecule has 0 spiro atoms. The van der Waals surface area contributed by atoms with Crippen LogP contribution in [-0.4, -0.2) is 60.4 Å². The van der Waals surface area contributed by atoms with Crippen molar-refractivity contribution in [2.75, 3.05) is 25.4 Å². The molecule has 11 heteroatoms. The maximum absolute atomic E-state index is 12.1. The SMILES string of the molecule is CCCS(=O)(=O)N1CCC(c2cc(C(=O)NCC(F)(F)F)n[nH]2)CC1. The molecular weight excluding hydrogens is 361 g/mol. The van der Waals surface area contributed by atoms with Gasteiger partial charge in [0, 0.05) is 24.7 Å². The predicted molar refractivity (Wildman–Crippen MR) is 84.6 cm³/mol. The van der Waals surface area contributed by atoms with Crippen molar-refractivity contribution in [3.8, 4) is 0 Å². The molecule has 0 radical (unpaired) electrons. The molecule has 2 heterocycles. The third kappa shape index (κ3) is 5.43. The maximum atomic E-state index is 12.1. The van der Waals surface area contributed by atoms with Gasteiger partial charge in [-0.3, -0.25) is 9.89 Å². The normalized spacial score (nSPS) is 17.6. The maximum Gasteiger partial charge on any atom is 0.405 e. The number of rotatable bonds is 6. The minimum Gasteiger partial charge on any atom is -0.342 e. The topological polar surface area (TPSA) is 95.2 Å². The van der Waals surface area contributed by atoms with Gasteiger partial charge in [-0.2, -0.15) is 18.3 Å². The van der Waals surface area contributed by atoms with Crippen molar-refractivity contribution in [2.24, 2.45) is 0 Å². The fourth-order valence-corrected chi connectivity index (χ4v) is 4.31. The first-order chi connectivity index (χ1) is 11.6. The predicted octanol–water partition coefficient (Wildman–Crippen LogP) is 1.62. The molecule has 1 aromatic heterocycles. The van der Waals surface area contributed by atoms with E-state index in [-0.39, 0.29) is 17.4 Å². The molecule has 142 valence electrons. The molecular formula is C14H21F3N4O3S. The average Bonchev–Trinajstić information content (AvgIpc) is 3.02. The molecule has 0 atom stereocenters. The number of H-pyrrole nitrogens is 1. The van der Waals surface area contributed by atoms with E-state index in [1.165, 1.54) is 10.4 Å². The van der Waals surface area contributed by atoms with Gasteiger partial charge in [0.15, 0.2) is 0 Å². The number of piperidine rings is 1. The number of aromatic amines is 1. The molecule has 1 aliphatic heterocycles. The van der Waals surface area contributed by atoms with Crippen LogP contribution in [0.5, 0.6) is 0 Å². The molecule has 1 aliphatic rings. The first-order valence-corrected chi connectivity index (χ1v) is 9.61. The Bertz CT molecular complexity index is 694. The van der Waals surface area contributed by atoms with E-state index in [9.17, 15) is 26.4 Å². The van der Waals surface area contributed by atoms with Crippen LogP contribution in [0, 0.1) is 0 Å². The number of nitrogens with zero attached hydrogens (tertiary/aromatic N) is 2. The molecule has 1 saturated heterocycles. The highest BCUT2D eigenvalue weighted by molar-refractivity contribution is 7.89. The Balaban J connectivity index is 1.92. The molecule has 25 heavy (non-hydrogen) atoms. The quantitative estimate of drug-likeness (QED) is 0.782. The molecule has 0 saturated carbocycles. The molecule has 2 rings (SSSR count). The van der Waals surface area contributed by atoms with Gasteiger partial charge in [0.1, 0.15) is 12.2 Å². The summed E-state index contributed by atoms with van der Waals surface area (Å²) in [5.74, 6) is -0.793. The Morgan fingerprint density at radius 1 is 1.40 bits per heavy atom. The summed E-state index contributed by atoms with van der Waals surface area (Å²) in [6.07, 6.45) is -2.80. The monoisotopic (exact) mass is 382 g/mol. The first kappa shape index (κ1) is 19.7. The summed E-state index contributed by atoms with van der Waals surface area (Å²) < 4.78 is 61.9. The van der Waals surface area contributed by atoms with E-state index in [0.29, 0.717) is 38.0 Å². The number of halogens is 3. The number of hydrogen-bond acceptors (Lipinski definition) is 4. The van der Waals surface area contributed by atoms with E-state index >= 15 is 0 Å². The molecule has 1 fully saturated rings. The van der Waals surface area contributed by atoms with Crippen molar-refractivity contribution in [1.29, 1.82) is 0 Å². The zero-order chi connectivity index (χ0) is 18.7. The smallest absolute Gasteiger partial charge is 0.342 e. The standard InChI is InChI=1S/C14H21F3N4O3S/c1-2-7-25(23,24)21-5-3-10(4-6-21)11-8-12(20-19-11)13(22)18-9-14(15,16)17/h8,10H,2-7,9H2,1H3,(H,18,22)(H,19,20). The number of sulfonamides is 1. The van der Waals surface area contributed by atoms with Gasteiger partial charge < -0.3 is 5.32 Å². The van der Waals surface area contributed by atoms with E-state index in [2.05, 4.69) is 10.2 Å². The van der Waals surface area contributed by atoms with E-state index in [4.69, 9.17) is 0 Å². The lowest BCUT2D eigenvalue weighted by atomic mass is 9.94. The molecule has 0 aromatic carbocycles. The number of hydrogen-bond donors (Lipinski definition) is 2. The van der Waals surface area contributed by atoms with Crippen molar-refractivity contribution >= 4 is 15.9 Å². The van der Waals surface area contributed by atoms with Crippen LogP contribution in [0.15, 0.2) is 6.07 Å². The highest BCUT2D eigenvalue weighted by Gasteiger charge is 2.30. The number of nitrogens with one attached hydrogen (secondary N) is 2. The number of alkyl halides is 3. The Kier molecular flexibility index (Phi) is 6.09. The Labute approximate surface area is 144 Å². The zero-order valence-corrected chi connectivity index (χ0v) is 14.6. The van der Waals surface area contributed by atoms with Gasteiger partial charge in [-0.1, -0.05) is 6.92 Å². The molecule has 1 amide bonds. The Morgan fingerprint density at radius 2 is 2.04 bits per heavy atom. The highest BCUT2D eigenvalue weighted by Crippen LogP contribution is 2.28. The van der Waals surface area contributed by atoms with Crippen LogP contribution in [0.1, 0.15) is 48.3 Å². The van der Waals surface area contributed by atoms with Gasteiger partial charge in [-0.25, -0.2) is 12.7 Å². The van der Waals surface area contributed by atoms with Crippen LogP contribution in [0.25, 0.3) is 0 Å². The van der Waals surface area contributed by atoms with Crippen molar-refractivity contribution in [3.05, 3.63) is 17.5 Å². The van der Waals surface area contributed by atoms with Gasteiger partial charge in [0.2, 0.25) is 10.0 Å². The van der Waals surface area contributed by atoms with E-state index in [1.807, 2.05) is 0 Å². The van der Waals surface area contributed by atoms with E-state index in [1.54, 1.807) is 12.2 Å². The van der Waals surface area contributed by atoms with Crippen LogP contribution >= 0.6 is 0 Å². The molecule has 0 bridgehead atoms. The lowest BCUT2D eigenvalue weighted by molar-refractivity contribution is -0.123. The van der Waals surface area contributed by atoms with Crippen LogP contribution in [0.2, 0.25) is 0 Å². The lowest BCUT2D eigenvalue weighted by Gasteiger charge is -2.30. The molecule has 2 N–H and O–H groups in total. The van der Waals surface area contributed by atoms with Crippen molar-refractivity contribution in [2.45, 2.75) is 38.3 Å². The Morgan fingerprint density at radius 3 is 2.60 bits per heavy atom. The first-order valence-electron chi connectivity index (χ1n) is 8.00. The minimum atomic E-state index is -4.48. The van der Waals surface area contributed by atoms with Gasteiger partial charge in [0.05, 0.1) is 5.75 Å². The second kappa shape index (κ2) is 7.73. The fraction of sp³-hybridized carbons (Fsp3) is 0.714. The summed E-state index contributed by atoms with van der Waals surface area (Å²) in [4.78, 5) is 11.7. The molecule has 7 nitrogen and oxygen atoms in total. The molecule has 0 unspecified atom stereocenters. The largest absolute Gasteiger partial charge is 0.405 e. The van der Waals surface area contributed by atoms with Gasteiger partial charge in [0.25, 0.3) is 5.91 Å². The summed E-state index contributed by atoms with van der Waals surface area (Å²) >= 11 is 0. The third-order valence-corrected chi connectivity index (χ3v) is 6.11. The molecule has 0 aliphatic carbocycles. The summed E-state index contributed by atoms with van der Waals surface area (Å²) in [6, 6.07) is 1.42. The number of carbonyl (C=O) groups excluding carboxylic acids is 1. The van der Waals surface area contributed by atoms with Gasteiger partial charge in [-0.15, -0.1) is 0 Å². The summed E-state index contributed by atoms with van der Waals surface area (Å²) in [5, 5.41) is 8.19. The van der Waals surface area contributed by atoms with E-state index < -0.39 is 28.7 Å². The molecule has 1 aromatic rings. The van der Waals surface area contributed by atoms with Gasteiger partial charge in [-0.05, 0) is 25.3 Å². The van der Waals surface area contributed by atoms with Crippen molar-refractivity contribution in [1.82, 2.24) is 19.8 Å². The number of amides is 1.